The average molecular weight is 269 g/mol. The van der Waals surface area contributed by atoms with E-state index < -0.39 is 11.4 Å². The predicted molar refractivity (Wildman–Crippen MR) is 74.2 cm³/mol. The molecule has 2 rings (SSSR count). The van der Waals surface area contributed by atoms with Crippen LogP contribution in [0.25, 0.3) is 0 Å². The molecule has 0 spiro atoms. The summed E-state index contributed by atoms with van der Waals surface area (Å²) in [5.41, 5.74) is -0.173. The third kappa shape index (κ3) is 3.69. The molecule has 0 bridgehead atoms. The Kier molecular flexibility index (Phi) is 4.51. The maximum atomic E-state index is 11.7. The van der Waals surface area contributed by atoms with Crippen molar-refractivity contribution >= 4 is 5.97 Å². The molecule has 0 radical (unpaired) electrons. The number of hydrogen-bond acceptors (Lipinski definition) is 3. The third-order valence-electron chi connectivity index (χ3n) is 4.86. The highest BCUT2D eigenvalue weighted by Crippen LogP contribution is 2.35. The van der Waals surface area contributed by atoms with Crippen molar-refractivity contribution in [3.63, 3.8) is 0 Å². The lowest BCUT2D eigenvalue weighted by atomic mass is 9.79. The van der Waals surface area contributed by atoms with Crippen molar-refractivity contribution in [2.75, 3.05) is 32.8 Å². The first-order chi connectivity index (χ1) is 8.94. The van der Waals surface area contributed by atoms with Crippen molar-refractivity contribution < 1.29 is 14.6 Å². The number of nitrogens with zero attached hydrogens (tertiary/aromatic N) is 1. The summed E-state index contributed by atoms with van der Waals surface area (Å²) in [5, 5.41) is 9.61. The fourth-order valence-electron chi connectivity index (χ4n) is 3.27. The summed E-state index contributed by atoms with van der Waals surface area (Å²) in [7, 11) is 0. The molecule has 0 saturated carbocycles. The van der Waals surface area contributed by atoms with Gasteiger partial charge in [-0.25, -0.2) is 0 Å². The van der Waals surface area contributed by atoms with Crippen LogP contribution in [0, 0.1) is 10.8 Å². The summed E-state index contributed by atoms with van der Waals surface area (Å²) in [6, 6.07) is 0. The van der Waals surface area contributed by atoms with Gasteiger partial charge in [0.25, 0.3) is 0 Å². The van der Waals surface area contributed by atoms with Crippen LogP contribution in [0.2, 0.25) is 0 Å². The van der Waals surface area contributed by atoms with Crippen molar-refractivity contribution in [2.45, 2.75) is 46.0 Å². The SMILES string of the molecule is CC1(C)CCCN(CC2(C(=O)O)CCOCC2)CC1. The van der Waals surface area contributed by atoms with Crippen LogP contribution in [0.3, 0.4) is 0 Å². The van der Waals surface area contributed by atoms with Crippen LogP contribution in [0.4, 0.5) is 0 Å². The minimum Gasteiger partial charge on any atom is -0.481 e. The minimum atomic E-state index is -0.640. The number of aliphatic carboxylic acids is 1. The summed E-state index contributed by atoms with van der Waals surface area (Å²) in [6.45, 7) is 8.58. The minimum absolute atomic E-state index is 0.404. The van der Waals surface area contributed by atoms with Crippen LogP contribution < -0.4 is 0 Å². The van der Waals surface area contributed by atoms with E-state index in [1.54, 1.807) is 0 Å². The molecule has 19 heavy (non-hydrogen) atoms. The molecule has 2 aliphatic heterocycles. The normalized spacial score (nSPS) is 27.7. The van der Waals surface area contributed by atoms with Gasteiger partial charge in [0.1, 0.15) is 0 Å². The zero-order valence-electron chi connectivity index (χ0n) is 12.3. The van der Waals surface area contributed by atoms with E-state index in [1.165, 1.54) is 19.3 Å². The molecular weight excluding hydrogens is 242 g/mol. The molecule has 0 atom stereocenters. The van der Waals surface area contributed by atoms with Crippen molar-refractivity contribution in [1.82, 2.24) is 4.90 Å². The summed E-state index contributed by atoms with van der Waals surface area (Å²) in [4.78, 5) is 14.1. The van der Waals surface area contributed by atoms with Gasteiger partial charge in [-0.2, -0.15) is 0 Å². The van der Waals surface area contributed by atoms with Crippen LogP contribution in [0.5, 0.6) is 0 Å². The highest BCUT2D eigenvalue weighted by molar-refractivity contribution is 5.75. The Hall–Kier alpha value is -0.610. The van der Waals surface area contributed by atoms with Gasteiger partial charge in [-0.15, -0.1) is 0 Å². The van der Waals surface area contributed by atoms with Crippen molar-refractivity contribution in [2.24, 2.45) is 10.8 Å². The standard InChI is InChI=1S/C15H27NO3/c1-14(2)4-3-8-16(9-5-14)12-15(13(17)18)6-10-19-11-7-15/h3-12H2,1-2H3,(H,17,18). The Morgan fingerprint density at radius 2 is 1.84 bits per heavy atom. The van der Waals surface area contributed by atoms with E-state index >= 15 is 0 Å². The molecule has 0 unspecified atom stereocenters. The van der Waals surface area contributed by atoms with E-state index in [4.69, 9.17) is 4.74 Å². The number of ether oxygens (including phenoxy) is 1. The Morgan fingerprint density at radius 1 is 1.16 bits per heavy atom. The van der Waals surface area contributed by atoms with Gasteiger partial charge < -0.3 is 14.7 Å². The number of hydrogen-bond donors (Lipinski definition) is 1. The van der Waals surface area contributed by atoms with Crippen LogP contribution in [-0.4, -0.2) is 48.8 Å². The highest BCUT2D eigenvalue weighted by Gasteiger charge is 2.42. The number of likely N-dealkylation sites (tertiary alicyclic amines) is 1. The first-order valence-electron chi connectivity index (χ1n) is 7.47. The molecule has 4 nitrogen and oxygen atoms in total. The van der Waals surface area contributed by atoms with Gasteiger partial charge in [-0.05, 0) is 50.6 Å². The average Bonchev–Trinajstić information content (AvgIpc) is 2.52. The van der Waals surface area contributed by atoms with E-state index in [1.807, 2.05) is 0 Å². The summed E-state index contributed by atoms with van der Waals surface area (Å²) >= 11 is 0. The second-order valence-electron chi connectivity index (χ2n) is 6.99. The van der Waals surface area contributed by atoms with Crippen molar-refractivity contribution in [3.8, 4) is 0 Å². The summed E-state index contributed by atoms with van der Waals surface area (Å²) in [5.74, 6) is -0.640. The molecular formula is C15H27NO3. The fourth-order valence-corrected chi connectivity index (χ4v) is 3.27. The predicted octanol–water partition coefficient (Wildman–Crippen LogP) is 2.38. The van der Waals surface area contributed by atoms with E-state index in [0.29, 0.717) is 38.0 Å². The van der Waals surface area contributed by atoms with Crippen molar-refractivity contribution in [1.29, 1.82) is 0 Å². The molecule has 0 aromatic rings. The Morgan fingerprint density at radius 3 is 2.47 bits per heavy atom. The van der Waals surface area contributed by atoms with Gasteiger partial charge in [0.15, 0.2) is 0 Å². The Bertz CT molecular complexity index is 321. The molecule has 2 aliphatic rings. The van der Waals surface area contributed by atoms with Gasteiger partial charge in [0.05, 0.1) is 5.41 Å². The monoisotopic (exact) mass is 269 g/mol. The van der Waals surface area contributed by atoms with Gasteiger partial charge in [-0.3, -0.25) is 4.79 Å². The molecule has 2 heterocycles. The van der Waals surface area contributed by atoms with E-state index in [-0.39, 0.29) is 0 Å². The molecule has 0 aromatic heterocycles. The fraction of sp³-hybridized carbons (Fsp3) is 0.933. The molecule has 2 fully saturated rings. The van der Waals surface area contributed by atoms with Crippen molar-refractivity contribution in [3.05, 3.63) is 0 Å². The van der Waals surface area contributed by atoms with Gasteiger partial charge in [0, 0.05) is 19.8 Å². The summed E-state index contributed by atoms with van der Waals surface area (Å²) < 4.78 is 5.34. The second kappa shape index (κ2) is 5.80. The number of rotatable bonds is 3. The number of carboxylic acid groups (broad SMARTS) is 1. The lowest BCUT2D eigenvalue weighted by molar-refractivity contribution is -0.156. The smallest absolute Gasteiger partial charge is 0.311 e. The Labute approximate surface area is 116 Å². The first-order valence-corrected chi connectivity index (χ1v) is 7.47. The van der Waals surface area contributed by atoms with Crippen LogP contribution in [0.15, 0.2) is 0 Å². The Balaban J connectivity index is 1.99. The lowest BCUT2D eigenvalue weighted by Gasteiger charge is -2.37. The third-order valence-corrected chi connectivity index (χ3v) is 4.86. The van der Waals surface area contributed by atoms with Gasteiger partial charge in [-0.1, -0.05) is 13.8 Å². The molecule has 4 heteroatoms. The van der Waals surface area contributed by atoms with Gasteiger partial charge >= 0.3 is 5.97 Å². The first kappa shape index (κ1) is 14.8. The molecule has 0 aliphatic carbocycles. The van der Waals surface area contributed by atoms with Gasteiger partial charge in [0.2, 0.25) is 0 Å². The number of carboxylic acids is 1. The highest BCUT2D eigenvalue weighted by atomic mass is 16.5. The largest absolute Gasteiger partial charge is 0.481 e. The molecule has 0 aromatic carbocycles. The topological polar surface area (TPSA) is 49.8 Å². The lowest BCUT2D eigenvalue weighted by Crippen LogP contribution is -2.47. The maximum absolute atomic E-state index is 11.7. The van der Waals surface area contributed by atoms with Crippen LogP contribution in [0.1, 0.15) is 46.0 Å². The summed E-state index contributed by atoms with van der Waals surface area (Å²) in [6.07, 6.45) is 4.90. The molecule has 1 N–H and O–H groups in total. The van der Waals surface area contributed by atoms with Crippen LogP contribution >= 0.6 is 0 Å². The molecule has 0 amide bonds. The second-order valence-corrected chi connectivity index (χ2v) is 6.99. The van der Waals surface area contributed by atoms with E-state index in [2.05, 4.69) is 18.7 Å². The molecule has 110 valence electrons. The molecule has 2 saturated heterocycles. The van der Waals surface area contributed by atoms with Crippen LogP contribution in [-0.2, 0) is 9.53 Å². The zero-order chi connectivity index (χ0) is 13.9. The number of carbonyl (C=O) groups is 1. The van der Waals surface area contributed by atoms with E-state index in [9.17, 15) is 9.90 Å². The quantitative estimate of drug-likeness (QED) is 0.854. The van der Waals surface area contributed by atoms with E-state index in [0.717, 1.165) is 13.1 Å². The zero-order valence-corrected chi connectivity index (χ0v) is 12.3. The maximum Gasteiger partial charge on any atom is 0.311 e.